The molecule has 0 spiro atoms. The fourth-order valence-corrected chi connectivity index (χ4v) is 3.05. The maximum atomic E-state index is 12.3. The zero-order valence-electron chi connectivity index (χ0n) is 14.8. The largest absolute Gasteiger partial charge is 0.449 e. The van der Waals surface area contributed by atoms with Gasteiger partial charge in [0.2, 0.25) is 0 Å². The van der Waals surface area contributed by atoms with E-state index >= 15 is 0 Å². The Hall–Kier alpha value is -2.44. The number of nitrogens with one attached hydrogen (secondary N) is 1. The van der Waals surface area contributed by atoms with E-state index in [-0.39, 0.29) is 23.2 Å². The quantitative estimate of drug-likeness (QED) is 0.501. The van der Waals surface area contributed by atoms with E-state index in [9.17, 15) is 19.7 Å². The molecule has 1 aliphatic carbocycles. The van der Waals surface area contributed by atoms with Crippen LogP contribution < -0.4 is 5.32 Å². The van der Waals surface area contributed by atoms with Gasteiger partial charge in [0.15, 0.2) is 6.10 Å². The van der Waals surface area contributed by atoms with Crippen molar-refractivity contribution in [2.24, 2.45) is 5.92 Å². The minimum absolute atomic E-state index is 0.0583. The van der Waals surface area contributed by atoms with Crippen LogP contribution in [0.3, 0.4) is 0 Å². The number of nitrogens with zero attached hydrogens (tertiary/aromatic N) is 1. The highest BCUT2D eigenvalue weighted by atomic mass is 16.6. The molecule has 3 atom stereocenters. The van der Waals surface area contributed by atoms with Crippen LogP contribution in [0, 0.1) is 23.0 Å². The van der Waals surface area contributed by atoms with Gasteiger partial charge in [-0.05, 0) is 38.7 Å². The number of nitro benzene ring substituents is 1. The van der Waals surface area contributed by atoms with Gasteiger partial charge in [0, 0.05) is 17.7 Å². The predicted octanol–water partition coefficient (Wildman–Crippen LogP) is 3.14. The summed E-state index contributed by atoms with van der Waals surface area (Å²) in [6.45, 7) is 5.20. The van der Waals surface area contributed by atoms with E-state index in [2.05, 4.69) is 12.2 Å². The van der Waals surface area contributed by atoms with Crippen molar-refractivity contribution < 1.29 is 19.2 Å². The van der Waals surface area contributed by atoms with Crippen LogP contribution in [-0.2, 0) is 9.53 Å². The van der Waals surface area contributed by atoms with Gasteiger partial charge in [0.05, 0.1) is 10.5 Å². The number of nitro groups is 1. The molecule has 25 heavy (non-hydrogen) atoms. The van der Waals surface area contributed by atoms with E-state index in [1.165, 1.54) is 31.5 Å². The number of ether oxygens (including phenoxy) is 1. The van der Waals surface area contributed by atoms with Gasteiger partial charge in [-0.1, -0.05) is 25.8 Å². The van der Waals surface area contributed by atoms with Gasteiger partial charge < -0.3 is 10.1 Å². The van der Waals surface area contributed by atoms with E-state index in [1.807, 2.05) is 0 Å². The Kier molecular flexibility index (Phi) is 6.12. The van der Waals surface area contributed by atoms with Gasteiger partial charge in [-0.15, -0.1) is 0 Å². The molecular weight excluding hydrogens is 324 g/mol. The second-order valence-electron chi connectivity index (χ2n) is 6.68. The Labute approximate surface area is 146 Å². The number of carbonyl (C=O) groups excluding carboxylic acids is 2. The third-order valence-corrected chi connectivity index (χ3v) is 4.73. The number of hydrogen-bond acceptors (Lipinski definition) is 5. The minimum atomic E-state index is -0.956. The van der Waals surface area contributed by atoms with Gasteiger partial charge in [-0.3, -0.25) is 14.9 Å². The summed E-state index contributed by atoms with van der Waals surface area (Å²) in [6, 6.07) is 4.22. The first-order valence-corrected chi connectivity index (χ1v) is 8.56. The smallest absolute Gasteiger partial charge is 0.339 e. The molecule has 0 saturated heterocycles. The summed E-state index contributed by atoms with van der Waals surface area (Å²) >= 11 is 0. The standard InChI is InChI=1S/C18H24N2O5/c1-11-6-4-5-7-15(11)19-17(21)13(3)25-18(22)14-9-8-12(2)16(10-14)20(23)24/h8-11,13,15H,4-7H2,1-3H3,(H,19,21)/t11-,13+,15-/m0/s1. The molecule has 136 valence electrons. The molecule has 1 N–H and O–H groups in total. The Bertz CT molecular complexity index is 673. The zero-order valence-corrected chi connectivity index (χ0v) is 14.8. The Morgan fingerprint density at radius 3 is 2.64 bits per heavy atom. The summed E-state index contributed by atoms with van der Waals surface area (Å²) < 4.78 is 5.18. The first-order valence-electron chi connectivity index (χ1n) is 8.56. The molecule has 0 radical (unpaired) electrons. The van der Waals surface area contributed by atoms with Crippen molar-refractivity contribution in [1.29, 1.82) is 0 Å². The van der Waals surface area contributed by atoms with Crippen molar-refractivity contribution in [3.8, 4) is 0 Å². The second-order valence-corrected chi connectivity index (χ2v) is 6.68. The maximum absolute atomic E-state index is 12.3. The minimum Gasteiger partial charge on any atom is -0.449 e. The number of benzene rings is 1. The first kappa shape index (κ1) is 18.9. The predicted molar refractivity (Wildman–Crippen MR) is 92.3 cm³/mol. The van der Waals surface area contributed by atoms with Crippen molar-refractivity contribution in [2.75, 3.05) is 0 Å². The molecule has 0 heterocycles. The molecule has 1 amide bonds. The van der Waals surface area contributed by atoms with Gasteiger partial charge in [-0.25, -0.2) is 4.79 Å². The lowest BCUT2D eigenvalue weighted by molar-refractivity contribution is -0.385. The average Bonchev–Trinajstić information content (AvgIpc) is 2.56. The highest BCUT2D eigenvalue weighted by Gasteiger charge is 2.27. The molecule has 7 nitrogen and oxygen atoms in total. The first-order chi connectivity index (χ1) is 11.8. The van der Waals surface area contributed by atoms with Crippen molar-refractivity contribution in [1.82, 2.24) is 5.32 Å². The fourth-order valence-electron chi connectivity index (χ4n) is 3.05. The second kappa shape index (κ2) is 8.09. The van der Waals surface area contributed by atoms with Gasteiger partial charge in [-0.2, -0.15) is 0 Å². The maximum Gasteiger partial charge on any atom is 0.339 e. The van der Waals surface area contributed by atoms with E-state index in [1.54, 1.807) is 6.92 Å². The fraction of sp³-hybridized carbons (Fsp3) is 0.556. The van der Waals surface area contributed by atoms with Crippen molar-refractivity contribution in [3.63, 3.8) is 0 Å². The molecule has 0 aliphatic heterocycles. The van der Waals surface area contributed by atoms with Crippen molar-refractivity contribution in [2.45, 2.75) is 58.6 Å². The number of amides is 1. The molecular formula is C18H24N2O5. The topological polar surface area (TPSA) is 98.5 Å². The van der Waals surface area contributed by atoms with Crippen LogP contribution in [0.15, 0.2) is 18.2 Å². The van der Waals surface area contributed by atoms with Gasteiger partial charge in [0.25, 0.3) is 11.6 Å². The number of rotatable bonds is 5. The highest BCUT2D eigenvalue weighted by molar-refractivity contribution is 5.93. The van der Waals surface area contributed by atoms with Crippen LogP contribution >= 0.6 is 0 Å². The summed E-state index contributed by atoms with van der Waals surface area (Å²) in [5.74, 6) is -0.684. The molecule has 7 heteroatoms. The summed E-state index contributed by atoms with van der Waals surface area (Å²) in [5, 5.41) is 13.9. The van der Waals surface area contributed by atoms with Crippen molar-refractivity contribution in [3.05, 3.63) is 39.4 Å². The van der Waals surface area contributed by atoms with E-state index < -0.39 is 17.0 Å². The summed E-state index contributed by atoms with van der Waals surface area (Å²) in [6.07, 6.45) is 3.30. The molecule has 1 aliphatic rings. The third-order valence-electron chi connectivity index (χ3n) is 4.73. The zero-order chi connectivity index (χ0) is 18.6. The lowest BCUT2D eigenvalue weighted by atomic mass is 9.86. The number of hydrogen-bond donors (Lipinski definition) is 1. The number of carbonyl (C=O) groups is 2. The molecule has 1 saturated carbocycles. The molecule has 0 bridgehead atoms. The normalized spacial score (nSPS) is 21.2. The molecule has 0 aromatic heterocycles. The Balaban J connectivity index is 1.98. The number of aryl methyl sites for hydroxylation is 1. The lowest BCUT2D eigenvalue weighted by Gasteiger charge is -2.30. The van der Waals surface area contributed by atoms with E-state index in [0.29, 0.717) is 11.5 Å². The van der Waals surface area contributed by atoms with E-state index in [0.717, 1.165) is 19.3 Å². The van der Waals surface area contributed by atoms with Gasteiger partial charge in [0.1, 0.15) is 0 Å². The van der Waals surface area contributed by atoms with Crippen LogP contribution in [0.4, 0.5) is 5.69 Å². The van der Waals surface area contributed by atoms with Crippen LogP contribution in [0.2, 0.25) is 0 Å². The Morgan fingerprint density at radius 2 is 2.00 bits per heavy atom. The summed E-state index contributed by atoms with van der Waals surface area (Å²) in [4.78, 5) is 34.9. The third kappa shape index (κ3) is 4.78. The average molecular weight is 348 g/mol. The lowest BCUT2D eigenvalue weighted by Crippen LogP contribution is -2.45. The molecule has 1 aromatic carbocycles. The summed E-state index contributed by atoms with van der Waals surface area (Å²) in [7, 11) is 0. The molecule has 2 rings (SSSR count). The Morgan fingerprint density at radius 1 is 1.32 bits per heavy atom. The highest BCUT2D eigenvalue weighted by Crippen LogP contribution is 2.24. The SMILES string of the molecule is Cc1ccc(C(=O)O[C@H](C)C(=O)N[C@H]2CCCC[C@@H]2C)cc1[N+](=O)[O-]. The van der Waals surface area contributed by atoms with E-state index in [4.69, 9.17) is 4.74 Å². The molecule has 0 unspecified atom stereocenters. The monoisotopic (exact) mass is 348 g/mol. The van der Waals surface area contributed by atoms with Crippen LogP contribution in [-0.4, -0.2) is 28.9 Å². The van der Waals surface area contributed by atoms with Crippen LogP contribution in [0.5, 0.6) is 0 Å². The molecule has 1 fully saturated rings. The van der Waals surface area contributed by atoms with Gasteiger partial charge >= 0.3 is 5.97 Å². The molecule has 1 aromatic rings. The van der Waals surface area contributed by atoms with Crippen molar-refractivity contribution >= 4 is 17.6 Å². The van der Waals surface area contributed by atoms with Crippen LogP contribution in [0.1, 0.15) is 55.5 Å². The summed E-state index contributed by atoms with van der Waals surface area (Å²) in [5.41, 5.74) is 0.365. The number of esters is 1. The van der Waals surface area contributed by atoms with Crippen LogP contribution in [0.25, 0.3) is 0 Å².